The van der Waals surface area contributed by atoms with Gasteiger partial charge >= 0.3 is 5.97 Å². The van der Waals surface area contributed by atoms with E-state index in [4.69, 9.17) is 9.84 Å². The highest BCUT2D eigenvalue weighted by molar-refractivity contribution is 7.89. The zero-order chi connectivity index (χ0) is 18.0. The van der Waals surface area contributed by atoms with Crippen molar-refractivity contribution in [3.63, 3.8) is 0 Å². The number of hydrogen-bond acceptors (Lipinski definition) is 5. The van der Waals surface area contributed by atoms with Gasteiger partial charge < -0.3 is 9.84 Å². The Morgan fingerprint density at radius 3 is 2.92 bits per heavy atom. The van der Waals surface area contributed by atoms with Crippen LogP contribution >= 0.6 is 0 Å². The van der Waals surface area contributed by atoms with Crippen molar-refractivity contribution >= 4 is 16.0 Å². The summed E-state index contributed by atoms with van der Waals surface area (Å²) >= 11 is 0. The maximum atomic E-state index is 13.0. The molecule has 1 N–H and O–H groups in total. The monoisotopic (exact) mass is 368 g/mol. The minimum absolute atomic E-state index is 0.0256. The van der Waals surface area contributed by atoms with Gasteiger partial charge in [-0.25, -0.2) is 8.42 Å². The first-order valence-electron chi connectivity index (χ1n) is 8.56. The van der Waals surface area contributed by atoms with Gasteiger partial charge in [0.1, 0.15) is 5.75 Å². The molecule has 0 amide bonds. The van der Waals surface area contributed by atoms with Crippen molar-refractivity contribution in [3.05, 3.63) is 23.8 Å². The molecule has 0 bridgehead atoms. The first-order chi connectivity index (χ1) is 11.9. The van der Waals surface area contributed by atoms with E-state index in [1.54, 1.807) is 30.1 Å². The van der Waals surface area contributed by atoms with Crippen molar-refractivity contribution in [1.29, 1.82) is 0 Å². The molecular weight excluding hydrogens is 344 g/mol. The van der Waals surface area contributed by atoms with Crippen LogP contribution in [-0.4, -0.2) is 68.0 Å². The summed E-state index contributed by atoms with van der Waals surface area (Å²) in [6.45, 7) is 1.44. The molecule has 2 aliphatic heterocycles. The van der Waals surface area contributed by atoms with Gasteiger partial charge in [0.2, 0.25) is 10.0 Å². The summed E-state index contributed by atoms with van der Waals surface area (Å²) in [4.78, 5) is 13.0. The number of aliphatic carboxylic acids is 1. The van der Waals surface area contributed by atoms with Crippen LogP contribution in [0.3, 0.4) is 0 Å². The van der Waals surface area contributed by atoms with Crippen molar-refractivity contribution in [1.82, 2.24) is 9.21 Å². The Labute approximate surface area is 148 Å². The molecule has 2 heterocycles. The molecule has 1 atom stereocenters. The molecule has 2 aliphatic rings. The van der Waals surface area contributed by atoms with E-state index in [0.717, 1.165) is 30.6 Å². The smallest absolute Gasteiger partial charge is 0.317 e. The molecule has 1 fully saturated rings. The zero-order valence-corrected chi connectivity index (χ0v) is 15.2. The summed E-state index contributed by atoms with van der Waals surface area (Å²) in [6.07, 6.45) is 2.90. The van der Waals surface area contributed by atoms with E-state index in [1.807, 2.05) is 0 Å². The largest absolute Gasteiger partial charge is 0.493 e. The molecule has 1 aromatic rings. The number of fused-ring (bicyclic) bond motifs is 1. The summed E-state index contributed by atoms with van der Waals surface area (Å²) < 4.78 is 32.9. The van der Waals surface area contributed by atoms with E-state index in [9.17, 15) is 13.2 Å². The van der Waals surface area contributed by atoms with Crippen LogP contribution in [0.1, 0.15) is 24.8 Å². The van der Waals surface area contributed by atoms with Crippen LogP contribution in [0.15, 0.2) is 23.1 Å². The Hall–Kier alpha value is -1.64. The number of benzene rings is 1. The fraction of sp³-hybridized carbons (Fsp3) is 0.588. The molecule has 0 spiro atoms. The van der Waals surface area contributed by atoms with Crippen LogP contribution < -0.4 is 4.74 Å². The molecule has 1 aromatic carbocycles. The topological polar surface area (TPSA) is 87.2 Å². The number of likely N-dealkylation sites (N-methyl/N-ethyl adjacent to an activating group) is 1. The average Bonchev–Trinajstić information content (AvgIpc) is 2.87. The molecule has 1 unspecified atom stereocenters. The number of ether oxygens (including phenoxy) is 1. The van der Waals surface area contributed by atoms with Crippen molar-refractivity contribution in [2.45, 2.75) is 36.6 Å². The van der Waals surface area contributed by atoms with Crippen LogP contribution in [0.4, 0.5) is 0 Å². The third kappa shape index (κ3) is 3.96. The van der Waals surface area contributed by atoms with Gasteiger partial charge in [-0.1, -0.05) is 0 Å². The SMILES string of the molecule is CN(CC(=O)O)C1CCCN(S(=O)(=O)c2ccc3c(c2)CCO3)CC1. The maximum Gasteiger partial charge on any atom is 0.317 e. The summed E-state index contributed by atoms with van der Waals surface area (Å²) in [6, 6.07) is 5.15. The molecule has 0 radical (unpaired) electrons. The first-order valence-corrected chi connectivity index (χ1v) is 10.00. The van der Waals surface area contributed by atoms with Gasteiger partial charge in [0.05, 0.1) is 18.0 Å². The molecule has 0 saturated carbocycles. The lowest BCUT2D eigenvalue weighted by Crippen LogP contribution is -2.37. The van der Waals surface area contributed by atoms with E-state index >= 15 is 0 Å². The second-order valence-corrected chi connectivity index (χ2v) is 8.60. The van der Waals surface area contributed by atoms with Crippen molar-refractivity contribution in [2.75, 3.05) is 33.3 Å². The lowest BCUT2D eigenvalue weighted by atomic mass is 10.1. The minimum atomic E-state index is -3.54. The fourth-order valence-electron chi connectivity index (χ4n) is 3.55. The van der Waals surface area contributed by atoms with Crippen LogP contribution in [0.2, 0.25) is 0 Å². The van der Waals surface area contributed by atoms with E-state index < -0.39 is 16.0 Å². The van der Waals surface area contributed by atoms with Crippen LogP contribution in [0.5, 0.6) is 5.75 Å². The third-order valence-corrected chi connectivity index (χ3v) is 6.86. The second kappa shape index (κ2) is 7.31. The number of hydrogen-bond donors (Lipinski definition) is 1. The molecule has 0 aliphatic carbocycles. The van der Waals surface area contributed by atoms with Crippen LogP contribution in [0, 0.1) is 0 Å². The third-order valence-electron chi connectivity index (χ3n) is 4.96. The predicted molar refractivity (Wildman–Crippen MR) is 92.3 cm³/mol. The maximum absolute atomic E-state index is 13.0. The Morgan fingerprint density at radius 2 is 2.16 bits per heavy atom. The first kappa shape index (κ1) is 18.2. The normalized spacial score (nSPS) is 21.6. The van der Waals surface area contributed by atoms with E-state index in [1.165, 1.54) is 4.31 Å². The number of carboxylic acids is 1. The molecular formula is C17H24N2O5S. The van der Waals surface area contributed by atoms with Crippen molar-refractivity contribution in [3.8, 4) is 5.75 Å². The lowest BCUT2D eigenvalue weighted by Gasteiger charge is -2.25. The number of sulfonamides is 1. The summed E-state index contributed by atoms with van der Waals surface area (Å²) in [5.74, 6) is -0.0956. The van der Waals surface area contributed by atoms with Gasteiger partial charge in [-0.05, 0) is 50.1 Å². The number of carbonyl (C=O) groups is 1. The van der Waals surface area contributed by atoms with E-state index in [2.05, 4.69) is 0 Å². The van der Waals surface area contributed by atoms with Crippen molar-refractivity contribution < 1.29 is 23.1 Å². The second-order valence-electron chi connectivity index (χ2n) is 6.67. The van der Waals surface area contributed by atoms with E-state index in [-0.39, 0.29) is 12.6 Å². The predicted octanol–water partition coefficient (Wildman–Crippen LogP) is 1.18. The van der Waals surface area contributed by atoms with Gasteiger partial charge in [0.25, 0.3) is 0 Å². The molecule has 8 heteroatoms. The van der Waals surface area contributed by atoms with Crippen LogP contribution in [0.25, 0.3) is 0 Å². The Kier molecular flexibility index (Phi) is 5.31. The fourth-order valence-corrected chi connectivity index (χ4v) is 5.09. The van der Waals surface area contributed by atoms with Gasteiger partial charge in [-0.2, -0.15) is 4.31 Å². The van der Waals surface area contributed by atoms with Gasteiger partial charge in [0.15, 0.2) is 0 Å². The minimum Gasteiger partial charge on any atom is -0.493 e. The summed E-state index contributed by atoms with van der Waals surface area (Å²) in [7, 11) is -1.75. The van der Waals surface area contributed by atoms with Crippen LogP contribution in [-0.2, 0) is 21.2 Å². The van der Waals surface area contributed by atoms with Gasteiger partial charge in [0, 0.05) is 25.6 Å². The highest BCUT2D eigenvalue weighted by Crippen LogP contribution is 2.29. The molecule has 25 heavy (non-hydrogen) atoms. The molecule has 3 rings (SSSR count). The summed E-state index contributed by atoms with van der Waals surface area (Å²) in [5.41, 5.74) is 0.940. The van der Waals surface area contributed by atoms with E-state index in [0.29, 0.717) is 31.0 Å². The zero-order valence-electron chi connectivity index (χ0n) is 14.3. The average molecular weight is 368 g/mol. The summed E-state index contributed by atoms with van der Waals surface area (Å²) in [5, 5.41) is 8.93. The molecule has 138 valence electrons. The highest BCUT2D eigenvalue weighted by atomic mass is 32.2. The Bertz CT molecular complexity index is 749. The Balaban J connectivity index is 1.72. The number of rotatable bonds is 5. The lowest BCUT2D eigenvalue weighted by molar-refractivity contribution is -0.138. The van der Waals surface area contributed by atoms with Crippen molar-refractivity contribution in [2.24, 2.45) is 0 Å². The quantitative estimate of drug-likeness (QED) is 0.840. The standard InChI is InChI=1S/C17H24N2O5S/c1-18(12-17(20)21)14-3-2-8-19(9-6-14)25(22,23)15-4-5-16-13(11-15)7-10-24-16/h4-5,11,14H,2-3,6-10,12H2,1H3,(H,20,21). The molecule has 0 aromatic heterocycles. The van der Waals surface area contributed by atoms with Gasteiger partial charge in [-0.3, -0.25) is 9.69 Å². The van der Waals surface area contributed by atoms with Gasteiger partial charge in [-0.15, -0.1) is 0 Å². The number of carboxylic acid groups (broad SMARTS) is 1. The number of nitrogens with zero attached hydrogens (tertiary/aromatic N) is 2. The molecule has 7 nitrogen and oxygen atoms in total. The highest BCUT2D eigenvalue weighted by Gasteiger charge is 2.30. The molecule has 1 saturated heterocycles. The Morgan fingerprint density at radius 1 is 1.36 bits per heavy atom.